The summed E-state index contributed by atoms with van der Waals surface area (Å²) in [6.07, 6.45) is 1.66. The van der Waals surface area contributed by atoms with Gasteiger partial charge in [-0.05, 0) is 49.5 Å². The first-order valence-electron chi connectivity index (χ1n) is 9.62. The fourth-order valence-corrected chi connectivity index (χ4v) is 2.83. The van der Waals surface area contributed by atoms with Gasteiger partial charge in [0.25, 0.3) is 5.91 Å². The van der Waals surface area contributed by atoms with Crippen LogP contribution < -0.4 is 16.4 Å². The molecule has 0 spiro atoms. The summed E-state index contributed by atoms with van der Waals surface area (Å²) in [6.45, 7) is 7.62. The lowest BCUT2D eigenvalue weighted by Crippen LogP contribution is -2.34. The number of nitrogen functional groups attached to an aromatic ring is 1. The first-order chi connectivity index (χ1) is 14.1. The second-order valence-electron chi connectivity index (χ2n) is 6.38. The van der Waals surface area contributed by atoms with E-state index in [-0.39, 0.29) is 11.9 Å². The van der Waals surface area contributed by atoms with Gasteiger partial charge in [0.2, 0.25) is 11.9 Å². The van der Waals surface area contributed by atoms with Crippen LogP contribution in [0.2, 0.25) is 0 Å². The van der Waals surface area contributed by atoms with E-state index in [1.807, 2.05) is 12.1 Å². The lowest BCUT2D eigenvalue weighted by atomic mass is 10.2. The molecular formula is C20H26N8O. The Kier molecular flexibility index (Phi) is 6.75. The molecule has 3 aromatic rings. The Hall–Kier alpha value is -3.46. The van der Waals surface area contributed by atoms with Crippen LogP contribution in [0.3, 0.4) is 0 Å². The maximum Gasteiger partial charge on any atom is 0.251 e. The standard InChI is InChI=1S/C20H26N8O/c1-3-27(4-2)14-13-23-18(29)15-8-10-16(11-9-15)24-20-25-19(21)28(26-20)17-7-5-6-12-22-17/h5-12H,3-4,13-14H2,1-2H3,(H,23,29)(H3,21,24,25,26). The molecule has 0 saturated heterocycles. The van der Waals surface area contributed by atoms with Crippen molar-refractivity contribution in [3.05, 3.63) is 54.2 Å². The zero-order valence-electron chi connectivity index (χ0n) is 16.7. The Balaban J connectivity index is 1.59. The molecule has 0 aliphatic rings. The molecule has 29 heavy (non-hydrogen) atoms. The molecule has 0 bridgehead atoms. The molecule has 1 aromatic carbocycles. The number of hydrogen-bond donors (Lipinski definition) is 3. The summed E-state index contributed by atoms with van der Waals surface area (Å²) in [5, 5.41) is 10.4. The van der Waals surface area contributed by atoms with E-state index in [1.54, 1.807) is 36.5 Å². The average molecular weight is 394 g/mol. The zero-order chi connectivity index (χ0) is 20.6. The lowest BCUT2D eigenvalue weighted by molar-refractivity contribution is 0.0949. The number of pyridine rings is 1. The van der Waals surface area contributed by atoms with Crippen molar-refractivity contribution in [2.45, 2.75) is 13.8 Å². The van der Waals surface area contributed by atoms with Crippen LogP contribution >= 0.6 is 0 Å². The van der Waals surface area contributed by atoms with Crippen LogP contribution in [0.4, 0.5) is 17.6 Å². The van der Waals surface area contributed by atoms with E-state index in [0.29, 0.717) is 23.9 Å². The minimum atomic E-state index is -0.0921. The average Bonchev–Trinajstić information content (AvgIpc) is 3.12. The normalized spacial score (nSPS) is 10.9. The number of benzene rings is 1. The SMILES string of the molecule is CCN(CC)CCNC(=O)c1ccc(Nc2nc(N)n(-c3ccccn3)n2)cc1. The smallest absolute Gasteiger partial charge is 0.251 e. The fraction of sp³-hybridized carbons (Fsp3) is 0.300. The van der Waals surface area contributed by atoms with Gasteiger partial charge in [-0.1, -0.05) is 19.9 Å². The van der Waals surface area contributed by atoms with E-state index in [1.165, 1.54) is 4.68 Å². The number of nitrogens with two attached hydrogens (primary N) is 1. The summed E-state index contributed by atoms with van der Waals surface area (Å²) in [5.74, 6) is 1.08. The fourth-order valence-electron chi connectivity index (χ4n) is 2.83. The molecular weight excluding hydrogens is 368 g/mol. The topological polar surface area (TPSA) is 114 Å². The van der Waals surface area contributed by atoms with Crippen LogP contribution in [0.25, 0.3) is 5.82 Å². The highest BCUT2D eigenvalue weighted by Gasteiger charge is 2.10. The van der Waals surface area contributed by atoms with Crippen LogP contribution in [0.1, 0.15) is 24.2 Å². The number of aromatic nitrogens is 4. The quantitative estimate of drug-likeness (QED) is 0.509. The van der Waals surface area contributed by atoms with Crippen LogP contribution in [0, 0.1) is 0 Å². The summed E-state index contributed by atoms with van der Waals surface area (Å²) >= 11 is 0. The van der Waals surface area contributed by atoms with Gasteiger partial charge in [0.1, 0.15) is 0 Å². The molecule has 0 radical (unpaired) electrons. The maximum atomic E-state index is 12.3. The first-order valence-corrected chi connectivity index (χ1v) is 9.62. The van der Waals surface area contributed by atoms with E-state index < -0.39 is 0 Å². The van der Waals surface area contributed by atoms with Crippen molar-refractivity contribution in [3.8, 4) is 5.82 Å². The van der Waals surface area contributed by atoms with Gasteiger partial charge in [0.15, 0.2) is 5.82 Å². The minimum Gasteiger partial charge on any atom is -0.368 e. The van der Waals surface area contributed by atoms with Crippen molar-refractivity contribution in [1.82, 2.24) is 30.0 Å². The number of rotatable bonds is 9. The summed E-state index contributed by atoms with van der Waals surface area (Å²) in [5.41, 5.74) is 7.28. The van der Waals surface area contributed by atoms with Crippen molar-refractivity contribution in [2.24, 2.45) is 0 Å². The molecule has 152 valence electrons. The third-order valence-corrected chi connectivity index (χ3v) is 4.51. The lowest BCUT2D eigenvalue weighted by Gasteiger charge is -2.17. The molecule has 9 heteroatoms. The van der Waals surface area contributed by atoms with E-state index in [4.69, 9.17) is 5.73 Å². The van der Waals surface area contributed by atoms with Crippen molar-refractivity contribution in [2.75, 3.05) is 37.2 Å². The predicted octanol–water partition coefficient (Wildman–Crippen LogP) is 2.06. The van der Waals surface area contributed by atoms with E-state index >= 15 is 0 Å². The summed E-state index contributed by atoms with van der Waals surface area (Å²) in [6, 6.07) is 12.6. The number of hydrogen-bond acceptors (Lipinski definition) is 7. The maximum absolute atomic E-state index is 12.3. The monoisotopic (exact) mass is 394 g/mol. The van der Waals surface area contributed by atoms with Crippen molar-refractivity contribution < 1.29 is 4.79 Å². The molecule has 3 rings (SSSR count). The third-order valence-electron chi connectivity index (χ3n) is 4.51. The number of likely N-dealkylation sites (N-methyl/N-ethyl adjacent to an activating group) is 1. The van der Waals surface area contributed by atoms with Gasteiger partial charge in [-0.15, -0.1) is 5.10 Å². The Morgan fingerprint density at radius 3 is 2.55 bits per heavy atom. The molecule has 1 amide bonds. The summed E-state index contributed by atoms with van der Waals surface area (Å²) in [4.78, 5) is 23.0. The molecule has 4 N–H and O–H groups in total. The number of nitrogens with zero attached hydrogens (tertiary/aromatic N) is 5. The van der Waals surface area contributed by atoms with E-state index in [2.05, 4.69) is 44.4 Å². The summed E-state index contributed by atoms with van der Waals surface area (Å²) < 4.78 is 1.46. The molecule has 0 aliphatic carbocycles. The molecule has 0 atom stereocenters. The largest absolute Gasteiger partial charge is 0.368 e. The van der Waals surface area contributed by atoms with Crippen LogP contribution in [0.5, 0.6) is 0 Å². The van der Waals surface area contributed by atoms with Gasteiger partial charge in [0, 0.05) is 30.5 Å². The van der Waals surface area contributed by atoms with Crippen LogP contribution in [-0.4, -0.2) is 56.7 Å². The second kappa shape index (κ2) is 9.65. The van der Waals surface area contributed by atoms with Gasteiger partial charge in [-0.25, -0.2) is 4.98 Å². The predicted molar refractivity (Wildman–Crippen MR) is 113 cm³/mol. The molecule has 9 nitrogen and oxygen atoms in total. The Bertz CT molecular complexity index is 919. The van der Waals surface area contributed by atoms with Crippen molar-refractivity contribution in [1.29, 1.82) is 0 Å². The van der Waals surface area contributed by atoms with Gasteiger partial charge < -0.3 is 21.3 Å². The summed E-state index contributed by atoms with van der Waals surface area (Å²) in [7, 11) is 0. The number of nitrogens with one attached hydrogen (secondary N) is 2. The minimum absolute atomic E-state index is 0.0921. The molecule has 0 saturated carbocycles. The van der Waals surface area contributed by atoms with Crippen molar-refractivity contribution >= 4 is 23.5 Å². The molecule has 2 heterocycles. The Morgan fingerprint density at radius 2 is 1.90 bits per heavy atom. The molecule has 0 fully saturated rings. The van der Waals surface area contributed by atoms with Crippen molar-refractivity contribution in [3.63, 3.8) is 0 Å². The Labute approximate surface area is 170 Å². The highest BCUT2D eigenvalue weighted by atomic mass is 16.1. The zero-order valence-corrected chi connectivity index (χ0v) is 16.7. The highest BCUT2D eigenvalue weighted by Crippen LogP contribution is 2.17. The molecule has 0 aliphatic heterocycles. The number of anilines is 3. The van der Waals surface area contributed by atoms with Gasteiger partial charge in [-0.2, -0.15) is 9.67 Å². The van der Waals surface area contributed by atoms with Crippen LogP contribution in [0.15, 0.2) is 48.7 Å². The van der Waals surface area contributed by atoms with E-state index in [0.717, 1.165) is 25.3 Å². The van der Waals surface area contributed by atoms with Gasteiger partial charge in [-0.3, -0.25) is 4.79 Å². The highest BCUT2D eigenvalue weighted by molar-refractivity contribution is 5.94. The second-order valence-corrected chi connectivity index (χ2v) is 6.38. The third kappa shape index (κ3) is 5.29. The molecule has 0 unspecified atom stereocenters. The molecule has 2 aromatic heterocycles. The first kappa shape index (κ1) is 20.3. The number of carbonyl (C=O) groups excluding carboxylic acids is 1. The van der Waals surface area contributed by atoms with E-state index in [9.17, 15) is 4.79 Å². The van der Waals surface area contributed by atoms with Gasteiger partial charge >= 0.3 is 0 Å². The van der Waals surface area contributed by atoms with Gasteiger partial charge in [0.05, 0.1) is 0 Å². The Morgan fingerprint density at radius 1 is 1.14 bits per heavy atom. The number of carbonyl (C=O) groups is 1. The van der Waals surface area contributed by atoms with Crippen LogP contribution in [-0.2, 0) is 0 Å². The number of amides is 1.